The molecule has 0 aliphatic carbocycles. The summed E-state index contributed by atoms with van der Waals surface area (Å²) in [6, 6.07) is 6.12. The van der Waals surface area contributed by atoms with Crippen molar-refractivity contribution < 1.29 is 4.79 Å². The second kappa shape index (κ2) is 9.29. The van der Waals surface area contributed by atoms with Crippen LogP contribution in [-0.2, 0) is 17.9 Å². The SMILES string of the molecule is CCCn1c(C)cc(-c2csc(NC(=O)CCn3c(-c4cccs4)n[nH]c3=S)n2)c1C. The second-order valence-electron chi connectivity index (χ2n) is 7.25. The number of aryl methyl sites for hydroxylation is 1. The van der Waals surface area contributed by atoms with E-state index in [1.54, 1.807) is 11.3 Å². The Morgan fingerprint density at radius 3 is 2.84 bits per heavy atom. The highest BCUT2D eigenvalue weighted by atomic mass is 32.1. The van der Waals surface area contributed by atoms with Crippen molar-refractivity contribution in [3.8, 4) is 22.0 Å². The lowest BCUT2D eigenvalue weighted by molar-refractivity contribution is -0.116. The molecule has 0 atom stereocenters. The molecule has 4 rings (SSSR count). The van der Waals surface area contributed by atoms with E-state index in [1.807, 2.05) is 27.5 Å². The zero-order chi connectivity index (χ0) is 22.0. The van der Waals surface area contributed by atoms with Gasteiger partial charge in [-0.3, -0.25) is 14.5 Å². The van der Waals surface area contributed by atoms with E-state index in [0.29, 0.717) is 16.4 Å². The molecule has 0 aliphatic rings. The van der Waals surface area contributed by atoms with Crippen molar-refractivity contribution in [1.29, 1.82) is 0 Å². The summed E-state index contributed by atoms with van der Waals surface area (Å²) in [6.07, 6.45) is 1.37. The Morgan fingerprint density at radius 2 is 2.10 bits per heavy atom. The highest BCUT2D eigenvalue weighted by Gasteiger charge is 2.15. The molecule has 0 unspecified atom stereocenters. The van der Waals surface area contributed by atoms with Gasteiger partial charge >= 0.3 is 0 Å². The molecule has 2 N–H and O–H groups in total. The van der Waals surface area contributed by atoms with E-state index in [4.69, 9.17) is 12.2 Å². The lowest BCUT2D eigenvalue weighted by Gasteiger charge is -2.07. The molecule has 0 spiro atoms. The number of nitrogens with zero attached hydrogens (tertiary/aromatic N) is 4. The van der Waals surface area contributed by atoms with Gasteiger partial charge in [0, 0.05) is 41.8 Å². The minimum atomic E-state index is -0.0995. The number of thiophene rings is 1. The average Bonchev–Trinajstić information content (AvgIpc) is 3.52. The molecule has 0 fully saturated rings. The van der Waals surface area contributed by atoms with E-state index in [2.05, 4.69) is 51.9 Å². The zero-order valence-corrected chi connectivity index (χ0v) is 20.1. The van der Waals surface area contributed by atoms with E-state index >= 15 is 0 Å². The van der Waals surface area contributed by atoms with Crippen molar-refractivity contribution in [2.75, 3.05) is 5.32 Å². The third-order valence-electron chi connectivity index (χ3n) is 5.11. The van der Waals surface area contributed by atoms with Gasteiger partial charge in [-0.05, 0) is 50.0 Å². The Labute approximate surface area is 193 Å². The highest BCUT2D eigenvalue weighted by molar-refractivity contribution is 7.71. The van der Waals surface area contributed by atoms with Gasteiger partial charge in [0.2, 0.25) is 5.91 Å². The molecule has 4 aromatic rings. The van der Waals surface area contributed by atoms with Crippen LogP contribution >= 0.6 is 34.9 Å². The lowest BCUT2D eigenvalue weighted by atomic mass is 10.2. The Balaban J connectivity index is 1.42. The van der Waals surface area contributed by atoms with Gasteiger partial charge in [0.25, 0.3) is 0 Å². The number of nitrogens with one attached hydrogen (secondary N) is 2. The van der Waals surface area contributed by atoms with Crippen LogP contribution in [-0.4, -0.2) is 30.2 Å². The standard InChI is InChI=1S/C21H24N6OS3/c1-4-8-26-13(2)11-15(14(26)3)16-12-31-20(22-16)23-18(28)7-9-27-19(24-25-21(27)29)17-6-5-10-30-17/h5-6,10-12H,4,7-9H2,1-3H3,(H,25,29)(H,22,23,28). The molecule has 10 heteroatoms. The third kappa shape index (κ3) is 4.56. The van der Waals surface area contributed by atoms with Gasteiger partial charge in [0.15, 0.2) is 15.7 Å². The molecular formula is C21H24N6OS3. The molecule has 31 heavy (non-hydrogen) atoms. The number of hydrogen-bond acceptors (Lipinski definition) is 6. The summed E-state index contributed by atoms with van der Waals surface area (Å²) in [5.74, 6) is 0.657. The van der Waals surface area contributed by atoms with Crippen LogP contribution in [0.3, 0.4) is 0 Å². The van der Waals surface area contributed by atoms with Gasteiger partial charge in [-0.2, -0.15) is 5.10 Å². The molecule has 4 heterocycles. The van der Waals surface area contributed by atoms with Gasteiger partial charge in [-0.15, -0.1) is 22.7 Å². The van der Waals surface area contributed by atoms with Gasteiger partial charge in [0.05, 0.1) is 10.6 Å². The minimum Gasteiger partial charge on any atom is -0.348 e. The summed E-state index contributed by atoms with van der Waals surface area (Å²) < 4.78 is 4.68. The van der Waals surface area contributed by atoms with Gasteiger partial charge < -0.3 is 9.88 Å². The van der Waals surface area contributed by atoms with Crippen LogP contribution in [0.15, 0.2) is 29.0 Å². The molecular weight excluding hydrogens is 448 g/mol. The van der Waals surface area contributed by atoms with Crippen LogP contribution in [0.5, 0.6) is 0 Å². The van der Waals surface area contributed by atoms with Gasteiger partial charge in [-0.1, -0.05) is 13.0 Å². The highest BCUT2D eigenvalue weighted by Crippen LogP contribution is 2.30. The number of rotatable bonds is 8. The molecule has 4 aromatic heterocycles. The number of H-pyrrole nitrogens is 1. The lowest BCUT2D eigenvalue weighted by Crippen LogP contribution is -2.15. The van der Waals surface area contributed by atoms with Crippen molar-refractivity contribution in [3.63, 3.8) is 0 Å². The van der Waals surface area contributed by atoms with Crippen LogP contribution in [0, 0.1) is 18.6 Å². The normalized spacial score (nSPS) is 11.2. The van der Waals surface area contributed by atoms with Crippen LogP contribution in [0.4, 0.5) is 5.13 Å². The first kappa shape index (κ1) is 21.7. The molecule has 0 aliphatic heterocycles. The fourth-order valence-electron chi connectivity index (χ4n) is 3.60. The summed E-state index contributed by atoms with van der Waals surface area (Å²) >= 11 is 8.36. The molecule has 0 radical (unpaired) electrons. The minimum absolute atomic E-state index is 0.0995. The van der Waals surface area contributed by atoms with Gasteiger partial charge in [0.1, 0.15) is 0 Å². The second-order valence-corrected chi connectivity index (χ2v) is 9.45. The summed E-state index contributed by atoms with van der Waals surface area (Å²) in [4.78, 5) is 18.2. The molecule has 0 bridgehead atoms. The number of anilines is 1. The first-order valence-electron chi connectivity index (χ1n) is 10.1. The van der Waals surface area contributed by atoms with E-state index in [9.17, 15) is 4.79 Å². The first-order chi connectivity index (χ1) is 15.0. The van der Waals surface area contributed by atoms with E-state index in [0.717, 1.165) is 34.9 Å². The number of hydrogen-bond donors (Lipinski definition) is 2. The quantitative estimate of drug-likeness (QED) is 0.325. The summed E-state index contributed by atoms with van der Waals surface area (Å²) in [7, 11) is 0. The summed E-state index contributed by atoms with van der Waals surface area (Å²) in [5, 5.41) is 14.6. The number of carbonyl (C=O) groups excluding carboxylic acids is 1. The van der Waals surface area contributed by atoms with Crippen molar-refractivity contribution in [1.82, 2.24) is 24.3 Å². The van der Waals surface area contributed by atoms with Crippen LogP contribution in [0.25, 0.3) is 22.0 Å². The number of carbonyl (C=O) groups is 1. The van der Waals surface area contributed by atoms with Crippen molar-refractivity contribution in [2.24, 2.45) is 0 Å². The maximum Gasteiger partial charge on any atom is 0.227 e. The molecule has 0 saturated carbocycles. The Morgan fingerprint density at radius 1 is 1.26 bits per heavy atom. The maximum atomic E-state index is 12.5. The van der Waals surface area contributed by atoms with Crippen LogP contribution in [0.1, 0.15) is 31.2 Å². The molecule has 7 nitrogen and oxygen atoms in total. The number of thiazole rings is 1. The topological polar surface area (TPSA) is 80.5 Å². The Kier molecular flexibility index (Phi) is 6.49. The Hall–Kier alpha value is -2.56. The Bertz CT molecular complexity index is 1240. The smallest absolute Gasteiger partial charge is 0.227 e. The maximum absolute atomic E-state index is 12.5. The third-order valence-corrected chi connectivity index (χ3v) is 7.04. The van der Waals surface area contributed by atoms with Crippen molar-refractivity contribution in [3.05, 3.63) is 45.1 Å². The number of amides is 1. The fourth-order valence-corrected chi connectivity index (χ4v) is 5.27. The molecule has 162 valence electrons. The van der Waals surface area contributed by atoms with Crippen LogP contribution in [0.2, 0.25) is 0 Å². The van der Waals surface area contributed by atoms with E-state index in [1.165, 1.54) is 22.7 Å². The summed E-state index contributed by atoms with van der Waals surface area (Å²) in [6.45, 7) is 7.86. The van der Waals surface area contributed by atoms with Crippen molar-refractivity contribution in [2.45, 2.75) is 46.7 Å². The average molecular weight is 473 g/mol. The molecule has 1 amide bonds. The predicted octanol–water partition coefficient (Wildman–Crippen LogP) is 5.65. The van der Waals surface area contributed by atoms with Gasteiger partial charge in [-0.25, -0.2) is 4.98 Å². The van der Waals surface area contributed by atoms with E-state index < -0.39 is 0 Å². The van der Waals surface area contributed by atoms with Crippen LogP contribution < -0.4 is 5.32 Å². The predicted molar refractivity (Wildman–Crippen MR) is 129 cm³/mol. The number of aromatic nitrogens is 5. The van der Waals surface area contributed by atoms with Crippen molar-refractivity contribution >= 4 is 45.9 Å². The number of aromatic amines is 1. The summed E-state index contributed by atoms with van der Waals surface area (Å²) in [5.41, 5.74) is 4.45. The fraction of sp³-hybridized carbons (Fsp3) is 0.333. The molecule has 0 saturated heterocycles. The monoisotopic (exact) mass is 472 g/mol. The van der Waals surface area contributed by atoms with E-state index in [-0.39, 0.29) is 12.3 Å². The molecule has 0 aromatic carbocycles. The first-order valence-corrected chi connectivity index (χ1v) is 12.3. The zero-order valence-electron chi connectivity index (χ0n) is 17.6. The largest absolute Gasteiger partial charge is 0.348 e.